The molecule has 2 aromatic rings. The van der Waals surface area contributed by atoms with Crippen LogP contribution in [0.15, 0.2) is 35.1 Å². The van der Waals surface area contributed by atoms with Crippen molar-refractivity contribution in [3.05, 3.63) is 63.1 Å². The number of carbonyl (C=O) groups is 1. The molecule has 1 aliphatic rings. The van der Waals surface area contributed by atoms with Crippen molar-refractivity contribution in [1.29, 1.82) is 0 Å². The molecule has 0 saturated heterocycles. The number of aryl methyl sites for hydroxylation is 1. The highest BCUT2D eigenvalue weighted by Gasteiger charge is 2.35. The number of hydrogen-bond acceptors (Lipinski definition) is 4. The maximum Gasteiger partial charge on any atom is 0.339 e. The largest absolute Gasteiger partial charge is 0.507 e. The number of benzene rings is 1. The topological polar surface area (TPSA) is 68.5 Å². The molecule has 1 atom stereocenters. The number of aromatic hydroxyl groups is 1. The highest BCUT2D eigenvalue weighted by atomic mass is 16.5. The fourth-order valence-corrected chi connectivity index (χ4v) is 2.77. The van der Waals surface area contributed by atoms with Gasteiger partial charge in [0.2, 0.25) is 0 Å². The Hall–Kier alpha value is -2.56. The second-order valence-electron chi connectivity index (χ2n) is 5.01. The highest BCUT2D eigenvalue weighted by Crippen LogP contribution is 2.37. The van der Waals surface area contributed by atoms with Crippen molar-refractivity contribution in [2.45, 2.75) is 26.5 Å². The van der Waals surface area contributed by atoms with E-state index in [2.05, 4.69) is 0 Å². The van der Waals surface area contributed by atoms with Crippen LogP contribution in [0.2, 0.25) is 0 Å². The number of rotatable bonds is 2. The zero-order valence-corrected chi connectivity index (χ0v) is 11.8. The van der Waals surface area contributed by atoms with Crippen LogP contribution in [-0.4, -0.2) is 15.6 Å². The maximum atomic E-state index is 12.6. The third-order valence-electron chi connectivity index (χ3n) is 3.79. The van der Waals surface area contributed by atoms with Crippen LogP contribution in [-0.2, 0) is 11.3 Å². The van der Waals surface area contributed by atoms with Crippen LogP contribution in [0, 0.1) is 6.92 Å². The van der Waals surface area contributed by atoms with Gasteiger partial charge in [0, 0.05) is 17.8 Å². The lowest BCUT2D eigenvalue weighted by atomic mass is 9.99. The normalized spacial score (nSPS) is 16.7. The molecule has 0 aliphatic carbocycles. The molecule has 0 radical (unpaired) electrons. The molecular formula is C16H15NO4. The van der Waals surface area contributed by atoms with Gasteiger partial charge in [-0.1, -0.05) is 18.2 Å². The van der Waals surface area contributed by atoms with Gasteiger partial charge in [0.05, 0.1) is 5.56 Å². The molecule has 5 nitrogen and oxygen atoms in total. The van der Waals surface area contributed by atoms with Crippen LogP contribution in [0.5, 0.6) is 5.75 Å². The molecule has 1 aliphatic heterocycles. The Bertz CT molecular complexity index is 791. The van der Waals surface area contributed by atoms with Gasteiger partial charge in [-0.2, -0.15) is 0 Å². The van der Waals surface area contributed by atoms with Gasteiger partial charge in [0.1, 0.15) is 11.3 Å². The second-order valence-corrected chi connectivity index (χ2v) is 5.01. The van der Waals surface area contributed by atoms with E-state index in [-0.39, 0.29) is 16.9 Å². The van der Waals surface area contributed by atoms with Gasteiger partial charge in [0.25, 0.3) is 5.56 Å². The van der Waals surface area contributed by atoms with E-state index in [0.29, 0.717) is 23.4 Å². The molecule has 3 rings (SSSR count). The fourth-order valence-electron chi connectivity index (χ4n) is 2.77. The van der Waals surface area contributed by atoms with E-state index in [9.17, 15) is 14.7 Å². The van der Waals surface area contributed by atoms with E-state index in [1.54, 1.807) is 35.8 Å². The standard InChI is InChI=1S/C16H15NO4/c1-3-17-9(2)8-12(18)13(15(17)19)14-10-6-4-5-7-11(10)16(20)21-14/h4-8,14,18H,3H2,1-2H3/t14-/m1/s1. The Labute approximate surface area is 121 Å². The number of nitrogens with zero attached hydrogens (tertiary/aromatic N) is 1. The van der Waals surface area contributed by atoms with Crippen molar-refractivity contribution < 1.29 is 14.6 Å². The smallest absolute Gasteiger partial charge is 0.339 e. The number of aromatic nitrogens is 1. The molecule has 5 heteroatoms. The number of pyridine rings is 1. The minimum absolute atomic E-state index is 0.112. The zero-order chi connectivity index (χ0) is 15.1. The van der Waals surface area contributed by atoms with Gasteiger partial charge in [-0.3, -0.25) is 4.79 Å². The number of esters is 1. The van der Waals surface area contributed by atoms with Gasteiger partial charge in [-0.25, -0.2) is 4.79 Å². The first-order valence-corrected chi connectivity index (χ1v) is 6.77. The number of carbonyl (C=O) groups excluding carboxylic acids is 1. The summed E-state index contributed by atoms with van der Waals surface area (Å²) < 4.78 is 6.85. The molecule has 0 unspecified atom stereocenters. The molecule has 0 bridgehead atoms. The predicted octanol–water partition coefficient (Wildman–Crippen LogP) is 2.14. The first-order valence-electron chi connectivity index (χ1n) is 6.77. The molecule has 0 fully saturated rings. The summed E-state index contributed by atoms with van der Waals surface area (Å²) >= 11 is 0. The summed E-state index contributed by atoms with van der Waals surface area (Å²) in [5, 5.41) is 10.2. The molecule has 0 amide bonds. The van der Waals surface area contributed by atoms with Crippen molar-refractivity contribution in [3.8, 4) is 5.75 Å². The molecule has 1 N–H and O–H groups in total. The van der Waals surface area contributed by atoms with Gasteiger partial charge < -0.3 is 14.4 Å². The van der Waals surface area contributed by atoms with E-state index in [1.807, 2.05) is 6.92 Å². The van der Waals surface area contributed by atoms with E-state index in [1.165, 1.54) is 6.07 Å². The second kappa shape index (κ2) is 4.77. The van der Waals surface area contributed by atoms with Crippen LogP contribution < -0.4 is 5.56 Å². The molecule has 2 heterocycles. The minimum Gasteiger partial charge on any atom is -0.507 e. The van der Waals surface area contributed by atoms with Crippen LogP contribution in [0.25, 0.3) is 0 Å². The Morgan fingerprint density at radius 3 is 2.71 bits per heavy atom. The minimum atomic E-state index is -0.848. The number of hydrogen-bond donors (Lipinski definition) is 1. The van der Waals surface area contributed by atoms with Gasteiger partial charge in [-0.15, -0.1) is 0 Å². The van der Waals surface area contributed by atoms with Crippen molar-refractivity contribution in [2.24, 2.45) is 0 Å². The summed E-state index contributed by atoms with van der Waals surface area (Å²) in [7, 11) is 0. The zero-order valence-electron chi connectivity index (χ0n) is 11.8. The Morgan fingerprint density at radius 1 is 1.29 bits per heavy atom. The summed E-state index contributed by atoms with van der Waals surface area (Å²) in [4.78, 5) is 24.4. The SMILES string of the molecule is CCn1c(C)cc(O)c([C@@H]2OC(=O)c3ccccc32)c1=O. The van der Waals surface area contributed by atoms with Gasteiger partial charge >= 0.3 is 5.97 Å². The predicted molar refractivity (Wildman–Crippen MR) is 76.5 cm³/mol. The molecular weight excluding hydrogens is 270 g/mol. The van der Waals surface area contributed by atoms with E-state index < -0.39 is 12.1 Å². The molecule has 1 aromatic carbocycles. The van der Waals surface area contributed by atoms with Crippen LogP contribution in [0.3, 0.4) is 0 Å². The number of fused-ring (bicyclic) bond motifs is 1. The third-order valence-corrected chi connectivity index (χ3v) is 3.79. The Kier molecular flexibility index (Phi) is 3.05. The van der Waals surface area contributed by atoms with Crippen LogP contribution in [0.4, 0.5) is 0 Å². The Morgan fingerprint density at radius 2 is 2.00 bits per heavy atom. The molecule has 0 saturated carbocycles. The monoisotopic (exact) mass is 285 g/mol. The van der Waals surface area contributed by atoms with E-state index >= 15 is 0 Å². The maximum absolute atomic E-state index is 12.6. The summed E-state index contributed by atoms with van der Waals surface area (Å²) in [6.07, 6.45) is -0.848. The lowest BCUT2D eigenvalue weighted by Gasteiger charge is -2.16. The first kappa shape index (κ1) is 13.4. The summed E-state index contributed by atoms with van der Waals surface area (Å²) in [6, 6.07) is 8.43. The van der Waals surface area contributed by atoms with E-state index in [4.69, 9.17) is 4.74 Å². The number of ether oxygens (including phenoxy) is 1. The molecule has 108 valence electrons. The molecule has 0 spiro atoms. The van der Waals surface area contributed by atoms with Crippen molar-refractivity contribution in [1.82, 2.24) is 4.57 Å². The average molecular weight is 285 g/mol. The van der Waals surface area contributed by atoms with Crippen molar-refractivity contribution in [2.75, 3.05) is 0 Å². The van der Waals surface area contributed by atoms with Gasteiger partial charge in [0.15, 0.2) is 6.10 Å². The van der Waals surface area contributed by atoms with Crippen molar-refractivity contribution >= 4 is 5.97 Å². The molecule has 1 aromatic heterocycles. The lowest BCUT2D eigenvalue weighted by molar-refractivity contribution is 0.0450. The van der Waals surface area contributed by atoms with E-state index in [0.717, 1.165) is 0 Å². The average Bonchev–Trinajstić information content (AvgIpc) is 2.77. The van der Waals surface area contributed by atoms with Crippen LogP contribution in [0.1, 0.15) is 40.2 Å². The first-order chi connectivity index (χ1) is 10.0. The quantitative estimate of drug-likeness (QED) is 0.858. The fraction of sp³-hybridized carbons (Fsp3) is 0.250. The van der Waals surface area contributed by atoms with Crippen LogP contribution >= 0.6 is 0 Å². The summed E-state index contributed by atoms with van der Waals surface area (Å²) in [5.41, 5.74) is 1.50. The highest BCUT2D eigenvalue weighted by molar-refractivity contribution is 5.94. The lowest BCUT2D eigenvalue weighted by Crippen LogP contribution is -2.27. The number of cyclic esters (lactones) is 1. The summed E-state index contributed by atoms with van der Waals surface area (Å²) in [6.45, 7) is 4.09. The third kappa shape index (κ3) is 1.93. The van der Waals surface area contributed by atoms with Gasteiger partial charge in [-0.05, 0) is 26.0 Å². The van der Waals surface area contributed by atoms with Crippen molar-refractivity contribution in [3.63, 3.8) is 0 Å². The summed E-state index contributed by atoms with van der Waals surface area (Å²) in [5.74, 6) is -0.616. The molecule has 21 heavy (non-hydrogen) atoms. The Balaban J connectivity index is 2.24.